The lowest BCUT2D eigenvalue weighted by molar-refractivity contribution is -0.191. The zero-order chi connectivity index (χ0) is 20.3. The standard InChI is InChI=1S/C18H18Cl3N3O4/c1-11(25)28-17(18(2)6-26-10-27-7-18)14(24-9-22-8-23-24)5-12-3-4-13(19)16(21)15(12)20/h3-5,8-9,17H,6-7,10H2,1-2H3. The number of hydrogen-bond donors (Lipinski definition) is 0. The first-order valence-electron chi connectivity index (χ1n) is 8.34. The van der Waals surface area contributed by atoms with E-state index in [0.29, 0.717) is 29.5 Å². The molecule has 0 radical (unpaired) electrons. The zero-order valence-corrected chi connectivity index (χ0v) is 17.5. The van der Waals surface area contributed by atoms with Crippen LogP contribution in [-0.4, -0.2) is 46.8 Å². The number of esters is 1. The average molecular weight is 447 g/mol. The molecule has 0 saturated carbocycles. The molecule has 28 heavy (non-hydrogen) atoms. The van der Waals surface area contributed by atoms with Gasteiger partial charge in [0.25, 0.3) is 0 Å². The summed E-state index contributed by atoms with van der Waals surface area (Å²) in [6, 6.07) is 3.35. The first-order valence-corrected chi connectivity index (χ1v) is 9.48. The van der Waals surface area contributed by atoms with Gasteiger partial charge in [0, 0.05) is 6.92 Å². The number of ether oxygens (including phenoxy) is 3. The molecular weight excluding hydrogens is 429 g/mol. The van der Waals surface area contributed by atoms with Gasteiger partial charge in [0.05, 0.1) is 39.4 Å². The van der Waals surface area contributed by atoms with Gasteiger partial charge in [-0.2, -0.15) is 5.10 Å². The molecule has 1 saturated heterocycles. The molecule has 150 valence electrons. The summed E-state index contributed by atoms with van der Waals surface area (Å²) in [4.78, 5) is 15.9. The van der Waals surface area contributed by atoms with Crippen LogP contribution in [0.5, 0.6) is 0 Å². The van der Waals surface area contributed by atoms with Gasteiger partial charge in [-0.3, -0.25) is 4.79 Å². The van der Waals surface area contributed by atoms with Crippen molar-refractivity contribution in [3.05, 3.63) is 45.4 Å². The molecule has 2 heterocycles. The van der Waals surface area contributed by atoms with Gasteiger partial charge in [-0.05, 0) is 17.7 Å². The van der Waals surface area contributed by atoms with Crippen LogP contribution >= 0.6 is 34.8 Å². The van der Waals surface area contributed by atoms with Gasteiger partial charge < -0.3 is 14.2 Å². The number of halogens is 3. The topological polar surface area (TPSA) is 75.5 Å². The van der Waals surface area contributed by atoms with Gasteiger partial charge in [0.1, 0.15) is 19.4 Å². The molecule has 3 rings (SSSR count). The number of rotatable bonds is 5. The Kier molecular flexibility index (Phi) is 6.62. The fourth-order valence-corrected chi connectivity index (χ4v) is 3.54. The number of carbonyl (C=O) groups excluding carboxylic acids is 1. The van der Waals surface area contributed by atoms with Crippen molar-refractivity contribution in [3.8, 4) is 0 Å². The lowest BCUT2D eigenvalue weighted by Gasteiger charge is -2.39. The lowest BCUT2D eigenvalue weighted by atomic mass is 9.83. The van der Waals surface area contributed by atoms with Crippen LogP contribution in [0.3, 0.4) is 0 Å². The molecule has 1 aliphatic heterocycles. The van der Waals surface area contributed by atoms with Crippen LogP contribution in [0, 0.1) is 5.41 Å². The van der Waals surface area contributed by atoms with E-state index in [1.165, 1.54) is 24.3 Å². The van der Waals surface area contributed by atoms with Crippen molar-refractivity contribution in [2.75, 3.05) is 20.0 Å². The van der Waals surface area contributed by atoms with Crippen LogP contribution in [0.1, 0.15) is 19.4 Å². The predicted octanol–water partition coefficient (Wildman–Crippen LogP) is 4.18. The highest BCUT2D eigenvalue weighted by molar-refractivity contribution is 6.48. The number of carbonyl (C=O) groups is 1. The minimum atomic E-state index is -0.752. The van der Waals surface area contributed by atoms with Gasteiger partial charge in [0.15, 0.2) is 6.10 Å². The van der Waals surface area contributed by atoms with E-state index in [1.807, 2.05) is 6.92 Å². The molecule has 1 aromatic heterocycles. The maximum atomic E-state index is 11.9. The van der Waals surface area contributed by atoms with E-state index in [-0.39, 0.29) is 16.8 Å². The van der Waals surface area contributed by atoms with Crippen molar-refractivity contribution in [2.24, 2.45) is 5.41 Å². The van der Waals surface area contributed by atoms with E-state index in [0.717, 1.165) is 0 Å². The minimum absolute atomic E-state index is 0.184. The molecule has 10 heteroatoms. The van der Waals surface area contributed by atoms with E-state index in [9.17, 15) is 4.79 Å². The number of benzene rings is 1. The van der Waals surface area contributed by atoms with E-state index in [1.54, 1.807) is 18.2 Å². The summed E-state index contributed by atoms with van der Waals surface area (Å²) in [6.45, 7) is 4.08. The van der Waals surface area contributed by atoms with Crippen molar-refractivity contribution >= 4 is 52.5 Å². The van der Waals surface area contributed by atoms with Gasteiger partial charge in [-0.1, -0.05) is 47.8 Å². The van der Waals surface area contributed by atoms with Crippen LogP contribution in [0.2, 0.25) is 15.1 Å². The molecule has 0 bridgehead atoms. The average Bonchev–Trinajstić information content (AvgIpc) is 3.19. The highest BCUT2D eigenvalue weighted by atomic mass is 35.5. The highest BCUT2D eigenvalue weighted by Crippen LogP contribution is 2.38. The molecule has 2 aromatic rings. The second kappa shape index (κ2) is 8.80. The van der Waals surface area contributed by atoms with E-state index >= 15 is 0 Å². The van der Waals surface area contributed by atoms with E-state index in [4.69, 9.17) is 49.0 Å². The Hall–Kier alpha value is -1.64. The molecule has 1 aliphatic rings. The highest BCUT2D eigenvalue weighted by Gasteiger charge is 2.43. The molecule has 1 aromatic carbocycles. The fraction of sp³-hybridized carbons (Fsp3) is 0.389. The van der Waals surface area contributed by atoms with Crippen molar-refractivity contribution in [2.45, 2.75) is 20.0 Å². The second-order valence-corrected chi connectivity index (χ2v) is 7.80. The SMILES string of the molecule is CC(=O)OC(C(=Cc1ccc(Cl)c(Cl)c1Cl)n1cncn1)C1(C)COCOC1. The number of aromatic nitrogens is 3. The smallest absolute Gasteiger partial charge is 0.303 e. The van der Waals surface area contributed by atoms with E-state index in [2.05, 4.69) is 10.1 Å². The lowest BCUT2D eigenvalue weighted by Crippen LogP contribution is -2.47. The van der Waals surface area contributed by atoms with Gasteiger partial charge >= 0.3 is 5.97 Å². The Morgan fingerprint density at radius 2 is 2.00 bits per heavy atom. The van der Waals surface area contributed by atoms with Gasteiger partial charge in [0.2, 0.25) is 0 Å². The van der Waals surface area contributed by atoms with Crippen LogP contribution < -0.4 is 0 Å². The Balaban J connectivity index is 2.15. The third kappa shape index (κ3) is 4.50. The van der Waals surface area contributed by atoms with E-state index < -0.39 is 17.5 Å². The van der Waals surface area contributed by atoms with Crippen molar-refractivity contribution in [1.82, 2.24) is 14.8 Å². The third-order valence-corrected chi connectivity index (χ3v) is 5.58. The Bertz CT molecular complexity index is 880. The normalized spacial score (nSPS) is 18.0. The quantitative estimate of drug-likeness (QED) is 0.507. The molecule has 0 aliphatic carbocycles. The van der Waals surface area contributed by atoms with Crippen LogP contribution in [0.4, 0.5) is 0 Å². The summed E-state index contributed by atoms with van der Waals surface area (Å²) in [5.41, 5.74) is 0.439. The molecule has 0 N–H and O–H groups in total. The maximum Gasteiger partial charge on any atom is 0.303 e. The van der Waals surface area contributed by atoms with Crippen molar-refractivity contribution in [3.63, 3.8) is 0 Å². The molecule has 1 unspecified atom stereocenters. The van der Waals surface area contributed by atoms with Crippen LogP contribution in [-0.2, 0) is 19.0 Å². The van der Waals surface area contributed by atoms with Crippen LogP contribution in [0.25, 0.3) is 11.8 Å². The summed E-state index contributed by atoms with van der Waals surface area (Å²) in [5.74, 6) is -0.456. The predicted molar refractivity (Wildman–Crippen MR) is 106 cm³/mol. The van der Waals surface area contributed by atoms with Crippen LogP contribution in [0.15, 0.2) is 24.8 Å². The molecule has 7 nitrogen and oxygen atoms in total. The van der Waals surface area contributed by atoms with Crippen molar-refractivity contribution in [1.29, 1.82) is 0 Å². The minimum Gasteiger partial charge on any atom is -0.455 e. The fourth-order valence-electron chi connectivity index (χ4n) is 2.94. The van der Waals surface area contributed by atoms with Gasteiger partial charge in [-0.25, -0.2) is 9.67 Å². The second-order valence-electron chi connectivity index (χ2n) is 6.63. The molecule has 0 amide bonds. The number of nitrogens with zero attached hydrogens (tertiary/aromatic N) is 3. The molecule has 1 atom stereocenters. The molecule has 1 fully saturated rings. The number of hydrogen-bond acceptors (Lipinski definition) is 6. The maximum absolute atomic E-state index is 11.9. The zero-order valence-electron chi connectivity index (χ0n) is 15.2. The monoisotopic (exact) mass is 445 g/mol. The largest absolute Gasteiger partial charge is 0.455 e. The Labute approximate surface area is 177 Å². The van der Waals surface area contributed by atoms with Crippen molar-refractivity contribution < 1.29 is 19.0 Å². The molecule has 0 spiro atoms. The Morgan fingerprint density at radius 3 is 2.61 bits per heavy atom. The summed E-state index contributed by atoms with van der Waals surface area (Å²) in [5, 5.41) is 5.04. The molecular formula is C18H18Cl3N3O4. The Morgan fingerprint density at radius 1 is 1.29 bits per heavy atom. The summed E-state index contributed by atoms with van der Waals surface area (Å²) < 4.78 is 18.1. The summed E-state index contributed by atoms with van der Waals surface area (Å²) >= 11 is 18.6. The first-order chi connectivity index (χ1) is 13.3. The van der Waals surface area contributed by atoms with Gasteiger partial charge in [-0.15, -0.1) is 0 Å². The third-order valence-electron chi connectivity index (χ3n) is 4.27. The summed E-state index contributed by atoms with van der Waals surface area (Å²) in [7, 11) is 0. The first kappa shape index (κ1) is 21.1. The summed E-state index contributed by atoms with van der Waals surface area (Å²) in [6.07, 6.45) is 3.86.